The second kappa shape index (κ2) is 3.62. The molecule has 0 spiro atoms. The maximum atomic E-state index is 11.4. The van der Waals surface area contributed by atoms with E-state index >= 15 is 0 Å². The SMILES string of the molecule is CC(C)(C)NC1=NC(=O)CC1C(C)(C)C. The van der Waals surface area contributed by atoms with Gasteiger partial charge < -0.3 is 5.32 Å². The second-order valence-corrected chi connectivity index (χ2v) is 6.39. The van der Waals surface area contributed by atoms with Crippen LogP contribution in [-0.4, -0.2) is 17.3 Å². The first-order chi connectivity index (χ1) is 6.59. The van der Waals surface area contributed by atoms with Crippen LogP contribution in [0.5, 0.6) is 0 Å². The molecule has 3 heteroatoms. The number of nitrogens with zero attached hydrogens (tertiary/aromatic N) is 1. The molecule has 1 unspecified atom stereocenters. The van der Waals surface area contributed by atoms with Gasteiger partial charge in [-0.05, 0) is 26.2 Å². The van der Waals surface area contributed by atoms with Crippen molar-refractivity contribution in [2.75, 3.05) is 0 Å². The lowest BCUT2D eigenvalue weighted by Crippen LogP contribution is -2.45. The summed E-state index contributed by atoms with van der Waals surface area (Å²) < 4.78 is 0. The number of hydrogen-bond donors (Lipinski definition) is 1. The number of carbonyl (C=O) groups excluding carboxylic acids is 1. The van der Waals surface area contributed by atoms with E-state index in [4.69, 9.17) is 0 Å². The molecular formula is C12H22N2O. The van der Waals surface area contributed by atoms with Crippen LogP contribution >= 0.6 is 0 Å². The molecule has 86 valence electrons. The van der Waals surface area contributed by atoms with Gasteiger partial charge in [-0.15, -0.1) is 0 Å². The Balaban J connectivity index is 2.85. The van der Waals surface area contributed by atoms with Crippen LogP contribution in [0.3, 0.4) is 0 Å². The highest BCUT2D eigenvalue weighted by molar-refractivity contribution is 6.03. The van der Waals surface area contributed by atoms with Gasteiger partial charge in [0.05, 0.1) is 0 Å². The van der Waals surface area contributed by atoms with Gasteiger partial charge in [0.2, 0.25) is 5.91 Å². The van der Waals surface area contributed by atoms with Crippen LogP contribution in [0.4, 0.5) is 0 Å². The van der Waals surface area contributed by atoms with Crippen LogP contribution in [0.2, 0.25) is 0 Å². The summed E-state index contributed by atoms with van der Waals surface area (Å²) >= 11 is 0. The molecule has 1 aliphatic heterocycles. The molecule has 0 aliphatic carbocycles. The molecule has 0 aromatic heterocycles. The largest absolute Gasteiger partial charge is 0.369 e. The number of amides is 1. The molecule has 0 aromatic rings. The van der Waals surface area contributed by atoms with E-state index in [1.165, 1.54) is 0 Å². The zero-order valence-corrected chi connectivity index (χ0v) is 10.6. The summed E-state index contributed by atoms with van der Waals surface area (Å²) in [5.41, 5.74) is 0.0518. The van der Waals surface area contributed by atoms with Gasteiger partial charge in [0, 0.05) is 17.9 Å². The average Bonchev–Trinajstić information content (AvgIpc) is 2.25. The molecule has 1 N–H and O–H groups in total. The fourth-order valence-corrected chi connectivity index (χ4v) is 1.74. The van der Waals surface area contributed by atoms with Gasteiger partial charge in [-0.1, -0.05) is 20.8 Å². The lowest BCUT2D eigenvalue weighted by atomic mass is 9.78. The third-order valence-electron chi connectivity index (χ3n) is 2.50. The highest BCUT2D eigenvalue weighted by atomic mass is 16.1. The summed E-state index contributed by atoms with van der Waals surface area (Å²) in [6.45, 7) is 12.7. The molecular weight excluding hydrogens is 188 g/mol. The summed E-state index contributed by atoms with van der Waals surface area (Å²) in [6, 6.07) is 0. The monoisotopic (exact) mass is 210 g/mol. The van der Waals surface area contributed by atoms with Crippen molar-refractivity contribution >= 4 is 11.7 Å². The fourth-order valence-electron chi connectivity index (χ4n) is 1.74. The molecule has 0 bridgehead atoms. The van der Waals surface area contributed by atoms with Crippen LogP contribution in [0.25, 0.3) is 0 Å². The molecule has 0 aromatic carbocycles. The van der Waals surface area contributed by atoms with Gasteiger partial charge in [-0.2, -0.15) is 0 Å². The van der Waals surface area contributed by atoms with Crippen molar-refractivity contribution < 1.29 is 4.79 Å². The van der Waals surface area contributed by atoms with Gasteiger partial charge in [0.15, 0.2) is 0 Å². The summed E-state index contributed by atoms with van der Waals surface area (Å²) in [5, 5.41) is 3.33. The molecule has 1 heterocycles. The van der Waals surface area contributed by atoms with Gasteiger partial charge in [0.1, 0.15) is 5.84 Å². The molecule has 1 aliphatic rings. The third kappa shape index (κ3) is 3.33. The minimum absolute atomic E-state index is 0.00155. The number of nitrogens with one attached hydrogen (secondary N) is 1. The maximum absolute atomic E-state index is 11.4. The van der Waals surface area contributed by atoms with E-state index in [0.29, 0.717) is 6.42 Å². The highest BCUT2D eigenvalue weighted by Gasteiger charge is 2.37. The average molecular weight is 210 g/mol. The topological polar surface area (TPSA) is 41.5 Å². The molecule has 1 atom stereocenters. The Hall–Kier alpha value is -0.860. The van der Waals surface area contributed by atoms with Crippen molar-refractivity contribution in [1.82, 2.24) is 5.32 Å². The molecule has 0 saturated heterocycles. The summed E-state index contributed by atoms with van der Waals surface area (Å²) in [6.07, 6.45) is 0.544. The fraction of sp³-hybridized carbons (Fsp3) is 0.833. The summed E-state index contributed by atoms with van der Waals surface area (Å²) in [5.74, 6) is 1.09. The first-order valence-corrected chi connectivity index (χ1v) is 5.49. The van der Waals surface area contributed by atoms with Gasteiger partial charge in [-0.25, -0.2) is 4.99 Å². The summed E-state index contributed by atoms with van der Waals surface area (Å²) in [7, 11) is 0. The van der Waals surface area contributed by atoms with Crippen molar-refractivity contribution in [2.45, 2.75) is 53.5 Å². The van der Waals surface area contributed by atoms with Gasteiger partial charge in [0.25, 0.3) is 0 Å². The van der Waals surface area contributed by atoms with E-state index in [2.05, 4.69) is 51.9 Å². The normalized spacial score (nSPS) is 22.9. The molecule has 0 radical (unpaired) electrons. The van der Waals surface area contributed by atoms with Crippen LogP contribution in [-0.2, 0) is 4.79 Å². The number of aliphatic imine (C=N–C) groups is 1. The second-order valence-electron chi connectivity index (χ2n) is 6.39. The van der Waals surface area contributed by atoms with E-state index in [9.17, 15) is 4.79 Å². The lowest BCUT2D eigenvalue weighted by molar-refractivity contribution is -0.117. The van der Waals surface area contributed by atoms with E-state index in [0.717, 1.165) is 5.84 Å². The quantitative estimate of drug-likeness (QED) is 0.667. The number of amidine groups is 1. The van der Waals surface area contributed by atoms with Crippen LogP contribution < -0.4 is 5.32 Å². The molecule has 0 saturated carbocycles. The van der Waals surface area contributed by atoms with Gasteiger partial charge in [-0.3, -0.25) is 4.79 Å². The smallest absolute Gasteiger partial charge is 0.248 e. The molecule has 1 amide bonds. The Kier molecular flexibility index (Phi) is 2.94. The van der Waals surface area contributed by atoms with Crippen molar-refractivity contribution in [3.8, 4) is 0 Å². The van der Waals surface area contributed by atoms with Crippen LogP contribution in [0.1, 0.15) is 48.0 Å². The molecule has 3 nitrogen and oxygen atoms in total. The van der Waals surface area contributed by atoms with E-state index in [-0.39, 0.29) is 22.8 Å². The third-order valence-corrected chi connectivity index (χ3v) is 2.50. The predicted octanol–water partition coefficient (Wildman–Crippen LogP) is 2.37. The van der Waals surface area contributed by atoms with Crippen molar-refractivity contribution in [2.24, 2.45) is 16.3 Å². The van der Waals surface area contributed by atoms with Crippen molar-refractivity contribution in [3.05, 3.63) is 0 Å². The maximum Gasteiger partial charge on any atom is 0.248 e. The van der Waals surface area contributed by atoms with E-state index in [1.54, 1.807) is 0 Å². The Morgan fingerprint density at radius 1 is 1.20 bits per heavy atom. The van der Waals surface area contributed by atoms with Gasteiger partial charge >= 0.3 is 0 Å². The van der Waals surface area contributed by atoms with Crippen LogP contribution in [0.15, 0.2) is 4.99 Å². The Bertz CT molecular complexity index is 292. The molecule has 0 fully saturated rings. The standard InChI is InChI=1S/C12H22N2O/c1-11(2,3)8-7-9(15)13-10(8)14-12(4,5)6/h8H,7H2,1-6H3,(H,13,14,15). The zero-order valence-electron chi connectivity index (χ0n) is 10.6. The highest BCUT2D eigenvalue weighted by Crippen LogP contribution is 2.33. The summed E-state index contributed by atoms with van der Waals surface area (Å²) in [4.78, 5) is 15.5. The Labute approximate surface area is 92.4 Å². The minimum atomic E-state index is -0.0348. The minimum Gasteiger partial charge on any atom is -0.369 e. The number of rotatable bonds is 0. The van der Waals surface area contributed by atoms with Crippen molar-refractivity contribution in [1.29, 1.82) is 0 Å². The van der Waals surface area contributed by atoms with Crippen molar-refractivity contribution in [3.63, 3.8) is 0 Å². The van der Waals surface area contributed by atoms with E-state index < -0.39 is 0 Å². The Morgan fingerprint density at radius 2 is 1.73 bits per heavy atom. The molecule has 15 heavy (non-hydrogen) atoms. The number of hydrogen-bond acceptors (Lipinski definition) is 2. The first kappa shape index (κ1) is 12.2. The molecule has 1 rings (SSSR count). The first-order valence-electron chi connectivity index (χ1n) is 5.49. The Morgan fingerprint density at radius 3 is 2.13 bits per heavy atom. The lowest BCUT2D eigenvalue weighted by Gasteiger charge is -2.31. The van der Waals surface area contributed by atoms with Crippen LogP contribution in [0, 0.1) is 11.3 Å². The number of carbonyl (C=O) groups is 1. The zero-order chi connectivity index (χ0) is 11.9. The predicted molar refractivity (Wildman–Crippen MR) is 62.9 cm³/mol. The van der Waals surface area contributed by atoms with E-state index in [1.807, 2.05) is 0 Å².